The first-order chi connectivity index (χ1) is 28.0. The lowest BCUT2D eigenvalue weighted by atomic mass is 9.62. The lowest BCUT2D eigenvalue weighted by Crippen LogP contribution is -2.36. The van der Waals surface area contributed by atoms with Gasteiger partial charge in [-0.3, -0.25) is 0 Å². The van der Waals surface area contributed by atoms with E-state index in [0.29, 0.717) is 7.28 Å². The van der Waals surface area contributed by atoms with E-state index in [1.54, 1.807) is 0 Å². The van der Waals surface area contributed by atoms with Gasteiger partial charge in [-0.1, -0.05) is 108 Å². The molecule has 4 nitrogen and oxygen atoms in total. The first-order valence-corrected chi connectivity index (χ1v) is 21.1. The molecule has 0 bridgehead atoms. The van der Waals surface area contributed by atoms with Crippen molar-refractivity contribution in [2.24, 2.45) is 0 Å². The molecular formula is C52H41BN2O2S. The Bertz CT molecular complexity index is 3530. The predicted molar refractivity (Wildman–Crippen MR) is 250 cm³/mol. The molecule has 0 amide bonds. The van der Waals surface area contributed by atoms with Crippen molar-refractivity contribution >= 4 is 116 Å². The number of aromatic nitrogens is 1. The molecule has 0 radical (unpaired) electrons. The number of thiophene rings is 1. The van der Waals surface area contributed by atoms with E-state index in [4.69, 9.17) is 8.83 Å². The fraction of sp³-hybridized carbons (Fsp3) is 0.154. The van der Waals surface area contributed by atoms with E-state index in [1.807, 2.05) is 17.4 Å². The van der Waals surface area contributed by atoms with Crippen molar-refractivity contribution in [3.63, 3.8) is 0 Å². The van der Waals surface area contributed by atoms with Gasteiger partial charge in [-0.15, -0.1) is 11.3 Å². The zero-order valence-electron chi connectivity index (χ0n) is 33.5. The highest BCUT2D eigenvalue weighted by Crippen LogP contribution is 2.45. The fourth-order valence-corrected chi connectivity index (χ4v) is 10.6. The summed E-state index contributed by atoms with van der Waals surface area (Å²) in [6, 6.07) is 46.9. The van der Waals surface area contributed by atoms with Gasteiger partial charge in [0.15, 0.2) is 0 Å². The van der Waals surface area contributed by atoms with Gasteiger partial charge in [-0.2, -0.15) is 0 Å². The van der Waals surface area contributed by atoms with E-state index >= 15 is 0 Å². The average molecular weight is 769 g/mol. The normalized spacial score (nSPS) is 13.1. The van der Waals surface area contributed by atoms with E-state index < -0.39 is 0 Å². The predicted octanol–water partition coefficient (Wildman–Crippen LogP) is 13.5. The first kappa shape index (κ1) is 33.9. The molecule has 0 saturated heterocycles. The second kappa shape index (κ2) is 11.7. The minimum atomic E-state index is 0.00116. The van der Waals surface area contributed by atoms with Crippen molar-refractivity contribution < 1.29 is 8.83 Å². The third kappa shape index (κ3) is 4.88. The Morgan fingerprint density at radius 1 is 0.534 bits per heavy atom. The third-order valence-corrected chi connectivity index (χ3v) is 13.7. The van der Waals surface area contributed by atoms with Gasteiger partial charge in [-0.05, 0) is 93.6 Å². The molecule has 0 fully saturated rings. The van der Waals surface area contributed by atoms with Crippen molar-refractivity contribution in [1.82, 2.24) is 4.57 Å². The standard InChI is InChI=1S/C52H41BN2O2S/c1-51(2,3)28-15-18-30(19-16-28)54-40-25-37-31-11-7-9-13-42(31)56-44(37)26-35(40)33-20-21-34-36-24-38-32-12-8-10-14-45(32)58-46(38)27-41(36)55-48(34)47(33)53-50-49(55)39-23-29(52(4,5)6)17-22-43(39)57-50/h7-27,53-54H,1-6H3. The molecule has 5 heterocycles. The van der Waals surface area contributed by atoms with Crippen LogP contribution in [0.25, 0.3) is 91.7 Å². The van der Waals surface area contributed by atoms with Crippen LogP contribution in [0, 0.1) is 0 Å². The summed E-state index contributed by atoms with van der Waals surface area (Å²) in [5.41, 5.74) is 15.6. The van der Waals surface area contributed by atoms with Crippen LogP contribution in [-0.4, -0.2) is 11.8 Å². The lowest BCUT2D eigenvalue weighted by molar-refractivity contribution is 0.590. The number of nitrogens with zero attached hydrogens (tertiary/aromatic N) is 1. The molecule has 1 aliphatic rings. The smallest absolute Gasteiger partial charge is 0.244 e. The van der Waals surface area contributed by atoms with Gasteiger partial charge in [0, 0.05) is 69.6 Å². The molecule has 1 N–H and O–H groups in total. The Morgan fingerprint density at radius 3 is 2.09 bits per heavy atom. The van der Waals surface area contributed by atoms with Crippen molar-refractivity contribution in [2.75, 3.05) is 5.32 Å². The number of anilines is 2. The van der Waals surface area contributed by atoms with Crippen LogP contribution in [0.3, 0.4) is 0 Å². The minimum absolute atomic E-state index is 0.00116. The van der Waals surface area contributed by atoms with Crippen LogP contribution in [0.5, 0.6) is 0 Å². The van der Waals surface area contributed by atoms with Gasteiger partial charge in [0.25, 0.3) is 0 Å². The SMILES string of the molecule is CC(C)(C)c1ccc(Nc2cc3c(cc2-c2ccc4c5cc6c(cc5n5c4c2Bc2oc4ccc(C(C)(C)C)cc4c2-5)sc2ccccc26)oc2ccccc23)cc1. The summed E-state index contributed by atoms with van der Waals surface area (Å²) < 4.78 is 18.6. The van der Waals surface area contributed by atoms with E-state index in [1.165, 1.54) is 69.5 Å². The summed E-state index contributed by atoms with van der Waals surface area (Å²) in [6.45, 7) is 13.6. The second-order valence-electron chi connectivity index (χ2n) is 18.2. The van der Waals surface area contributed by atoms with Gasteiger partial charge in [0.1, 0.15) is 16.7 Å². The van der Waals surface area contributed by atoms with Crippen LogP contribution < -0.4 is 16.4 Å². The molecule has 0 saturated carbocycles. The molecule has 0 spiro atoms. The van der Waals surface area contributed by atoms with Crippen molar-refractivity contribution in [3.8, 4) is 16.8 Å². The molecular weight excluding hydrogens is 727 g/mol. The van der Waals surface area contributed by atoms with Crippen LogP contribution in [0.15, 0.2) is 136 Å². The molecule has 11 aromatic rings. The molecule has 6 heteroatoms. The number of para-hydroxylation sites is 1. The van der Waals surface area contributed by atoms with Crippen molar-refractivity contribution in [1.29, 1.82) is 0 Å². The maximum absolute atomic E-state index is 6.91. The Kier molecular flexibility index (Phi) is 6.82. The molecule has 4 aromatic heterocycles. The monoisotopic (exact) mass is 768 g/mol. The molecule has 58 heavy (non-hydrogen) atoms. The van der Waals surface area contributed by atoms with Crippen LogP contribution in [0.4, 0.5) is 11.4 Å². The van der Waals surface area contributed by atoms with Gasteiger partial charge in [-0.25, -0.2) is 0 Å². The number of hydrogen-bond acceptors (Lipinski definition) is 4. The van der Waals surface area contributed by atoms with Crippen molar-refractivity contribution in [2.45, 2.75) is 52.4 Å². The second-order valence-corrected chi connectivity index (χ2v) is 19.3. The first-order valence-electron chi connectivity index (χ1n) is 20.3. The number of furan rings is 2. The molecule has 0 unspecified atom stereocenters. The van der Waals surface area contributed by atoms with E-state index in [0.717, 1.165) is 55.8 Å². The molecule has 7 aromatic carbocycles. The maximum atomic E-state index is 6.91. The van der Waals surface area contributed by atoms with Gasteiger partial charge in [0.05, 0.1) is 16.9 Å². The summed E-state index contributed by atoms with van der Waals surface area (Å²) in [4.78, 5) is 0. The highest BCUT2D eigenvalue weighted by molar-refractivity contribution is 7.25. The summed E-state index contributed by atoms with van der Waals surface area (Å²) in [6.07, 6.45) is 0. The fourth-order valence-electron chi connectivity index (χ4n) is 9.49. The van der Waals surface area contributed by atoms with Crippen LogP contribution in [0.1, 0.15) is 52.7 Å². The number of fused-ring (bicyclic) bond motifs is 13. The van der Waals surface area contributed by atoms with Crippen LogP contribution in [0.2, 0.25) is 0 Å². The Balaban J connectivity index is 1.16. The minimum Gasteiger partial charge on any atom is -0.469 e. The van der Waals surface area contributed by atoms with Crippen LogP contribution >= 0.6 is 11.3 Å². The molecule has 0 aliphatic carbocycles. The highest BCUT2D eigenvalue weighted by Gasteiger charge is 2.32. The number of nitrogens with one attached hydrogen (secondary N) is 1. The Hall–Kier alpha value is -6.24. The van der Waals surface area contributed by atoms with Gasteiger partial charge < -0.3 is 18.7 Å². The largest absolute Gasteiger partial charge is 0.469 e. The van der Waals surface area contributed by atoms with Crippen LogP contribution in [-0.2, 0) is 10.8 Å². The zero-order valence-corrected chi connectivity index (χ0v) is 34.3. The average Bonchev–Trinajstić information content (AvgIpc) is 3.95. The third-order valence-electron chi connectivity index (χ3n) is 12.5. The molecule has 0 atom stereocenters. The summed E-state index contributed by atoms with van der Waals surface area (Å²) in [5.74, 6) is 0. The quantitative estimate of drug-likeness (QED) is 0.182. The summed E-state index contributed by atoms with van der Waals surface area (Å²) >= 11 is 1.87. The summed E-state index contributed by atoms with van der Waals surface area (Å²) in [5, 5.41) is 12.4. The van der Waals surface area contributed by atoms with E-state index in [9.17, 15) is 0 Å². The van der Waals surface area contributed by atoms with E-state index in [-0.39, 0.29) is 10.8 Å². The Morgan fingerprint density at radius 2 is 1.28 bits per heavy atom. The molecule has 12 rings (SSSR count). The lowest BCUT2D eigenvalue weighted by Gasteiger charge is -2.22. The highest BCUT2D eigenvalue weighted by atomic mass is 32.1. The summed E-state index contributed by atoms with van der Waals surface area (Å²) in [7, 11) is 0.674. The number of rotatable bonds is 3. The number of hydrogen-bond donors (Lipinski definition) is 1. The Labute approximate surface area is 340 Å². The topological polar surface area (TPSA) is 43.2 Å². The van der Waals surface area contributed by atoms with Gasteiger partial charge in [0.2, 0.25) is 7.28 Å². The van der Waals surface area contributed by atoms with Crippen molar-refractivity contribution in [3.05, 3.63) is 139 Å². The van der Waals surface area contributed by atoms with E-state index in [2.05, 4.69) is 173 Å². The number of benzene rings is 7. The zero-order chi connectivity index (χ0) is 39.2. The molecule has 1 aliphatic heterocycles. The molecule has 280 valence electrons. The van der Waals surface area contributed by atoms with Gasteiger partial charge >= 0.3 is 0 Å². The maximum Gasteiger partial charge on any atom is 0.244 e.